The van der Waals surface area contributed by atoms with Gasteiger partial charge in [-0.05, 0) is 56.2 Å². The fourth-order valence-electron chi connectivity index (χ4n) is 3.65. The molecule has 1 fully saturated rings. The summed E-state index contributed by atoms with van der Waals surface area (Å²) < 4.78 is 10.8. The van der Waals surface area contributed by atoms with Crippen LogP contribution in [0.2, 0.25) is 0 Å². The molecule has 0 radical (unpaired) electrons. The van der Waals surface area contributed by atoms with Gasteiger partial charge in [-0.15, -0.1) is 11.3 Å². The average Bonchev–Trinajstić information content (AvgIpc) is 3.29. The lowest BCUT2D eigenvalue weighted by atomic mass is 10.1. The molecule has 2 heterocycles. The van der Waals surface area contributed by atoms with Gasteiger partial charge in [-0.2, -0.15) is 0 Å². The Morgan fingerprint density at radius 3 is 2.56 bits per heavy atom. The lowest BCUT2D eigenvalue weighted by molar-refractivity contribution is -0.145. The van der Waals surface area contributed by atoms with Crippen LogP contribution in [0.4, 0.5) is 0 Å². The molecule has 1 aromatic heterocycles. The molecule has 1 saturated heterocycles. The second-order valence-corrected chi connectivity index (χ2v) is 7.93. The Morgan fingerprint density at radius 2 is 1.89 bits per heavy atom. The van der Waals surface area contributed by atoms with E-state index in [0.717, 1.165) is 28.9 Å². The highest BCUT2D eigenvalue weighted by atomic mass is 32.1. The van der Waals surface area contributed by atoms with Crippen molar-refractivity contribution in [1.29, 1.82) is 0 Å². The Balaban J connectivity index is 1.68. The molecule has 0 N–H and O–H groups in total. The lowest BCUT2D eigenvalue weighted by Crippen LogP contribution is -2.40. The van der Waals surface area contributed by atoms with E-state index in [-0.39, 0.29) is 11.9 Å². The van der Waals surface area contributed by atoms with E-state index >= 15 is 0 Å². The van der Waals surface area contributed by atoms with E-state index in [1.807, 2.05) is 25.3 Å². The molecule has 144 valence electrons. The van der Waals surface area contributed by atoms with Crippen molar-refractivity contribution in [3.8, 4) is 5.75 Å². The van der Waals surface area contributed by atoms with Crippen LogP contribution in [0.25, 0.3) is 0 Å². The van der Waals surface area contributed by atoms with Crippen molar-refractivity contribution in [1.82, 2.24) is 4.90 Å². The molecule has 1 aliphatic heterocycles. The number of benzene rings is 1. The summed E-state index contributed by atoms with van der Waals surface area (Å²) in [5.41, 5.74) is 4.39. The van der Waals surface area contributed by atoms with Gasteiger partial charge in [0.05, 0.1) is 12.0 Å². The zero-order valence-electron chi connectivity index (χ0n) is 16.2. The molecule has 0 spiro atoms. The van der Waals surface area contributed by atoms with Gasteiger partial charge in [0.25, 0.3) is 5.91 Å². The summed E-state index contributed by atoms with van der Waals surface area (Å²) in [5.74, 6) is 0.443. The minimum Gasteiger partial charge on any atom is -0.488 e. The molecule has 1 unspecified atom stereocenters. The number of ether oxygens (including phenoxy) is 2. The van der Waals surface area contributed by atoms with Gasteiger partial charge in [0.2, 0.25) is 0 Å². The molecule has 0 saturated carbocycles. The smallest absolute Gasteiger partial charge is 0.328 e. The molecule has 0 aliphatic carbocycles. The molecule has 1 atom stereocenters. The third kappa shape index (κ3) is 4.16. The number of esters is 1. The zero-order chi connectivity index (χ0) is 19.6. The number of carbonyl (C=O) groups is 2. The van der Waals surface area contributed by atoms with Crippen molar-refractivity contribution in [3.05, 3.63) is 50.7 Å². The number of amides is 1. The number of likely N-dealkylation sites (tertiary alicyclic amines) is 1. The van der Waals surface area contributed by atoms with E-state index < -0.39 is 6.04 Å². The molecule has 2 aromatic rings. The van der Waals surface area contributed by atoms with Crippen LogP contribution in [-0.2, 0) is 16.1 Å². The third-order valence-electron chi connectivity index (χ3n) is 4.84. The zero-order valence-corrected chi connectivity index (χ0v) is 17.0. The fraction of sp³-hybridized carbons (Fsp3) is 0.429. The molecule has 3 rings (SSSR count). The van der Waals surface area contributed by atoms with Crippen LogP contribution in [0.15, 0.2) is 23.6 Å². The molecule has 6 heteroatoms. The summed E-state index contributed by atoms with van der Waals surface area (Å²) in [4.78, 5) is 26.9. The highest BCUT2D eigenvalue weighted by molar-refractivity contribution is 7.12. The van der Waals surface area contributed by atoms with Gasteiger partial charge in [0.15, 0.2) is 0 Å². The van der Waals surface area contributed by atoms with Crippen molar-refractivity contribution in [2.24, 2.45) is 0 Å². The van der Waals surface area contributed by atoms with Crippen LogP contribution in [0.5, 0.6) is 5.75 Å². The van der Waals surface area contributed by atoms with Gasteiger partial charge < -0.3 is 14.4 Å². The number of nitrogens with zero attached hydrogens (tertiary/aromatic N) is 1. The predicted octanol–water partition coefficient (Wildman–Crippen LogP) is 4.03. The van der Waals surface area contributed by atoms with E-state index in [1.165, 1.54) is 24.0 Å². The summed E-state index contributed by atoms with van der Waals surface area (Å²) in [6.45, 7) is 7.15. The van der Waals surface area contributed by atoms with Gasteiger partial charge >= 0.3 is 5.97 Å². The SMILES string of the molecule is COC(=O)C1CCCN1C(=O)c1cc(COc2c(C)cc(C)cc2C)cs1. The number of rotatable bonds is 5. The minimum absolute atomic E-state index is 0.109. The van der Waals surface area contributed by atoms with Gasteiger partial charge in [0.1, 0.15) is 18.4 Å². The Morgan fingerprint density at radius 1 is 1.19 bits per heavy atom. The van der Waals surface area contributed by atoms with E-state index in [2.05, 4.69) is 19.1 Å². The predicted molar refractivity (Wildman–Crippen MR) is 105 cm³/mol. The van der Waals surface area contributed by atoms with E-state index in [1.54, 1.807) is 4.90 Å². The number of carbonyl (C=O) groups excluding carboxylic acids is 2. The number of hydrogen-bond donors (Lipinski definition) is 0. The van der Waals surface area contributed by atoms with Crippen LogP contribution >= 0.6 is 11.3 Å². The quantitative estimate of drug-likeness (QED) is 0.727. The standard InChI is InChI=1S/C21H25NO4S/c1-13-8-14(2)19(15(3)9-13)26-11-16-10-18(27-12-16)20(23)22-7-5-6-17(22)21(24)25-4/h8-10,12,17H,5-7,11H2,1-4H3. The Kier molecular flexibility index (Phi) is 5.85. The maximum Gasteiger partial charge on any atom is 0.328 e. The van der Waals surface area contributed by atoms with Crippen molar-refractivity contribution in [2.45, 2.75) is 46.3 Å². The Labute approximate surface area is 163 Å². The van der Waals surface area contributed by atoms with Crippen LogP contribution in [-0.4, -0.2) is 36.5 Å². The molecular weight excluding hydrogens is 362 g/mol. The second kappa shape index (κ2) is 8.13. The van der Waals surface area contributed by atoms with E-state index in [4.69, 9.17) is 9.47 Å². The summed E-state index contributed by atoms with van der Waals surface area (Å²) in [5, 5.41) is 1.94. The van der Waals surface area contributed by atoms with Crippen molar-refractivity contribution >= 4 is 23.2 Å². The maximum absolute atomic E-state index is 12.8. The molecular formula is C21H25NO4S. The Bertz CT molecular complexity index is 835. The number of methoxy groups -OCH3 is 1. The van der Waals surface area contributed by atoms with Gasteiger partial charge in [0, 0.05) is 12.1 Å². The average molecular weight is 388 g/mol. The first-order valence-corrected chi connectivity index (χ1v) is 9.95. The van der Waals surface area contributed by atoms with Crippen LogP contribution in [0, 0.1) is 20.8 Å². The molecule has 27 heavy (non-hydrogen) atoms. The topological polar surface area (TPSA) is 55.8 Å². The number of aryl methyl sites for hydroxylation is 3. The first-order chi connectivity index (χ1) is 12.9. The summed E-state index contributed by atoms with van der Waals surface area (Å²) in [6.07, 6.45) is 1.48. The maximum atomic E-state index is 12.8. The molecule has 1 amide bonds. The number of hydrogen-bond acceptors (Lipinski definition) is 5. The Hall–Kier alpha value is -2.34. The van der Waals surface area contributed by atoms with Crippen molar-refractivity contribution in [2.75, 3.05) is 13.7 Å². The third-order valence-corrected chi connectivity index (χ3v) is 5.81. The summed E-state index contributed by atoms with van der Waals surface area (Å²) in [7, 11) is 1.36. The monoisotopic (exact) mass is 387 g/mol. The highest BCUT2D eigenvalue weighted by Gasteiger charge is 2.35. The van der Waals surface area contributed by atoms with Gasteiger partial charge in [-0.25, -0.2) is 4.79 Å². The summed E-state index contributed by atoms with van der Waals surface area (Å²) in [6, 6.07) is 5.59. The first-order valence-electron chi connectivity index (χ1n) is 9.07. The van der Waals surface area contributed by atoms with E-state index in [0.29, 0.717) is 24.4 Å². The van der Waals surface area contributed by atoms with Crippen LogP contribution < -0.4 is 4.74 Å². The van der Waals surface area contributed by atoms with Crippen molar-refractivity contribution in [3.63, 3.8) is 0 Å². The van der Waals surface area contributed by atoms with Gasteiger partial charge in [-0.3, -0.25) is 4.79 Å². The van der Waals surface area contributed by atoms with Crippen LogP contribution in [0.1, 0.15) is 44.8 Å². The lowest BCUT2D eigenvalue weighted by Gasteiger charge is -2.21. The fourth-order valence-corrected chi connectivity index (χ4v) is 4.50. The van der Waals surface area contributed by atoms with Crippen molar-refractivity contribution < 1.29 is 19.1 Å². The van der Waals surface area contributed by atoms with Gasteiger partial charge in [-0.1, -0.05) is 17.7 Å². The summed E-state index contributed by atoms with van der Waals surface area (Å²) >= 11 is 1.39. The van der Waals surface area contributed by atoms with Crippen LogP contribution in [0.3, 0.4) is 0 Å². The highest BCUT2D eigenvalue weighted by Crippen LogP contribution is 2.27. The normalized spacial score (nSPS) is 16.4. The molecule has 0 bridgehead atoms. The minimum atomic E-state index is -0.470. The second-order valence-electron chi connectivity index (χ2n) is 7.02. The van der Waals surface area contributed by atoms with E-state index in [9.17, 15) is 9.59 Å². The molecule has 5 nitrogen and oxygen atoms in total. The largest absolute Gasteiger partial charge is 0.488 e. The number of thiophene rings is 1. The first kappa shape index (κ1) is 19.4. The molecule has 1 aliphatic rings. The molecule has 1 aromatic carbocycles.